The van der Waals surface area contributed by atoms with Gasteiger partial charge >= 0.3 is 0 Å². The van der Waals surface area contributed by atoms with Crippen molar-refractivity contribution in [1.29, 1.82) is 0 Å². The molecule has 1 saturated heterocycles. The number of fused-ring (bicyclic) bond motifs is 1. The zero-order chi connectivity index (χ0) is 17.8. The third-order valence-electron chi connectivity index (χ3n) is 5.76. The Balaban J connectivity index is 1.28. The van der Waals surface area contributed by atoms with Gasteiger partial charge in [0, 0.05) is 30.9 Å². The predicted molar refractivity (Wildman–Crippen MR) is 102 cm³/mol. The summed E-state index contributed by atoms with van der Waals surface area (Å²) in [5, 5.41) is 10.4. The molecule has 5 heteroatoms. The van der Waals surface area contributed by atoms with Crippen LogP contribution in [0.3, 0.4) is 0 Å². The van der Waals surface area contributed by atoms with E-state index < -0.39 is 0 Å². The summed E-state index contributed by atoms with van der Waals surface area (Å²) >= 11 is 0. The number of piperidine rings is 1. The molecule has 1 amide bonds. The number of likely N-dealkylation sites (tertiary alicyclic amines) is 1. The Kier molecular flexibility index (Phi) is 5.34. The summed E-state index contributed by atoms with van der Waals surface area (Å²) in [4.78, 5) is 15.0. The molecule has 0 spiro atoms. The zero-order valence-corrected chi connectivity index (χ0v) is 15.3. The highest BCUT2D eigenvalue weighted by molar-refractivity contribution is 5.94. The number of nitrogens with zero attached hydrogens (tertiary/aromatic N) is 2. The SMILES string of the molecule is O=C(NCCN1CCC[C@H](c2ccccc2)C1)c1n[nH]c2c1CCCC2. The minimum atomic E-state index is -0.0268. The molecule has 0 unspecified atom stereocenters. The highest BCUT2D eigenvalue weighted by atomic mass is 16.1. The van der Waals surface area contributed by atoms with Crippen LogP contribution in [-0.4, -0.2) is 47.2 Å². The molecule has 1 aliphatic carbocycles. The second kappa shape index (κ2) is 8.04. The summed E-state index contributed by atoms with van der Waals surface area (Å²) in [6, 6.07) is 10.8. The maximum Gasteiger partial charge on any atom is 0.272 e. The van der Waals surface area contributed by atoms with Crippen LogP contribution in [0, 0.1) is 0 Å². The topological polar surface area (TPSA) is 61.0 Å². The van der Waals surface area contributed by atoms with Gasteiger partial charge in [-0.15, -0.1) is 0 Å². The molecule has 1 aromatic carbocycles. The summed E-state index contributed by atoms with van der Waals surface area (Å²) in [7, 11) is 0. The van der Waals surface area contributed by atoms with Crippen LogP contribution in [-0.2, 0) is 12.8 Å². The first kappa shape index (κ1) is 17.3. The maximum absolute atomic E-state index is 12.5. The maximum atomic E-state index is 12.5. The van der Waals surface area contributed by atoms with Gasteiger partial charge in [0.05, 0.1) is 0 Å². The number of hydrogen-bond donors (Lipinski definition) is 2. The van der Waals surface area contributed by atoms with Crippen molar-refractivity contribution in [3.05, 3.63) is 52.8 Å². The molecule has 2 aromatic rings. The van der Waals surface area contributed by atoms with Gasteiger partial charge in [-0.3, -0.25) is 9.89 Å². The molecular formula is C21H28N4O. The van der Waals surface area contributed by atoms with Crippen molar-refractivity contribution in [2.24, 2.45) is 0 Å². The molecule has 2 N–H and O–H groups in total. The fourth-order valence-corrected chi connectivity index (χ4v) is 4.34. The van der Waals surface area contributed by atoms with Crippen molar-refractivity contribution < 1.29 is 4.79 Å². The highest BCUT2D eigenvalue weighted by Crippen LogP contribution is 2.26. The number of nitrogens with one attached hydrogen (secondary N) is 2. The fraction of sp³-hybridized carbons (Fsp3) is 0.524. The van der Waals surface area contributed by atoms with Gasteiger partial charge in [-0.2, -0.15) is 5.10 Å². The third kappa shape index (κ3) is 3.83. The van der Waals surface area contributed by atoms with Gasteiger partial charge < -0.3 is 10.2 Å². The van der Waals surface area contributed by atoms with E-state index >= 15 is 0 Å². The number of benzene rings is 1. The number of carbonyl (C=O) groups excluding carboxylic acids is 1. The molecule has 138 valence electrons. The minimum Gasteiger partial charge on any atom is -0.349 e. The van der Waals surface area contributed by atoms with Crippen LogP contribution in [0.1, 0.15) is 58.9 Å². The van der Waals surface area contributed by atoms with E-state index in [1.165, 1.54) is 24.8 Å². The van der Waals surface area contributed by atoms with E-state index in [2.05, 4.69) is 50.7 Å². The van der Waals surface area contributed by atoms with E-state index in [0.29, 0.717) is 18.2 Å². The third-order valence-corrected chi connectivity index (χ3v) is 5.76. The molecule has 2 aliphatic rings. The number of hydrogen-bond acceptors (Lipinski definition) is 3. The van der Waals surface area contributed by atoms with E-state index in [4.69, 9.17) is 0 Å². The molecular weight excluding hydrogens is 324 g/mol. The van der Waals surface area contributed by atoms with E-state index in [1.807, 2.05) is 0 Å². The molecule has 0 bridgehead atoms. The summed E-state index contributed by atoms with van der Waals surface area (Å²) in [5.41, 5.74) is 4.34. The van der Waals surface area contributed by atoms with Gasteiger partial charge in [0.25, 0.3) is 5.91 Å². The smallest absolute Gasteiger partial charge is 0.272 e. The lowest BCUT2D eigenvalue weighted by molar-refractivity contribution is 0.0939. The summed E-state index contributed by atoms with van der Waals surface area (Å²) in [5.74, 6) is 0.583. The van der Waals surface area contributed by atoms with Crippen molar-refractivity contribution in [1.82, 2.24) is 20.4 Å². The lowest BCUT2D eigenvalue weighted by Gasteiger charge is -2.33. The standard InChI is InChI=1S/C21H28N4O/c26-21(20-18-10-4-5-11-19(18)23-24-20)22-12-14-25-13-6-9-17(15-25)16-7-2-1-3-8-16/h1-3,7-8,17H,4-6,9-15H2,(H,22,26)(H,23,24)/t17-/m0/s1. The van der Waals surface area contributed by atoms with Crippen molar-refractivity contribution >= 4 is 5.91 Å². The summed E-state index contributed by atoms with van der Waals surface area (Å²) < 4.78 is 0. The number of aromatic amines is 1. The first-order chi connectivity index (χ1) is 12.8. The van der Waals surface area contributed by atoms with Crippen LogP contribution in [0.2, 0.25) is 0 Å². The minimum absolute atomic E-state index is 0.0268. The zero-order valence-electron chi connectivity index (χ0n) is 15.3. The molecule has 1 fully saturated rings. The summed E-state index contributed by atoms with van der Waals surface area (Å²) in [6.45, 7) is 3.79. The Morgan fingerprint density at radius 2 is 2.04 bits per heavy atom. The first-order valence-electron chi connectivity index (χ1n) is 9.93. The number of aryl methyl sites for hydroxylation is 1. The molecule has 5 nitrogen and oxygen atoms in total. The normalized spacial score (nSPS) is 20.5. The monoisotopic (exact) mass is 352 g/mol. The molecule has 0 radical (unpaired) electrons. The van der Waals surface area contributed by atoms with E-state index in [-0.39, 0.29) is 5.91 Å². The lowest BCUT2D eigenvalue weighted by Crippen LogP contribution is -2.40. The molecule has 1 atom stereocenters. The van der Waals surface area contributed by atoms with Gasteiger partial charge in [0.2, 0.25) is 0 Å². The Morgan fingerprint density at radius 3 is 2.92 bits per heavy atom. The molecule has 4 rings (SSSR count). The Bertz CT molecular complexity index is 740. The van der Waals surface area contributed by atoms with Crippen molar-refractivity contribution in [3.8, 4) is 0 Å². The van der Waals surface area contributed by atoms with Crippen LogP contribution < -0.4 is 5.32 Å². The van der Waals surface area contributed by atoms with Crippen molar-refractivity contribution in [2.75, 3.05) is 26.2 Å². The summed E-state index contributed by atoms with van der Waals surface area (Å²) in [6.07, 6.45) is 6.81. The Morgan fingerprint density at radius 1 is 1.19 bits per heavy atom. The second-order valence-corrected chi connectivity index (χ2v) is 7.54. The number of aromatic nitrogens is 2. The first-order valence-corrected chi connectivity index (χ1v) is 9.93. The highest BCUT2D eigenvalue weighted by Gasteiger charge is 2.23. The number of amides is 1. The molecule has 26 heavy (non-hydrogen) atoms. The van der Waals surface area contributed by atoms with E-state index in [9.17, 15) is 4.79 Å². The molecule has 1 aromatic heterocycles. The molecule has 0 saturated carbocycles. The van der Waals surface area contributed by atoms with Crippen LogP contribution >= 0.6 is 0 Å². The Labute approximate surface area is 155 Å². The lowest BCUT2D eigenvalue weighted by atomic mass is 9.91. The number of rotatable bonds is 5. The fourth-order valence-electron chi connectivity index (χ4n) is 4.34. The van der Waals surface area contributed by atoms with Crippen LogP contribution in [0.5, 0.6) is 0 Å². The van der Waals surface area contributed by atoms with Gasteiger partial charge in [-0.05, 0) is 56.6 Å². The average molecular weight is 352 g/mol. The number of carbonyl (C=O) groups is 1. The van der Waals surface area contributed by atoms with Gasteiger partial charge in [-0.1, -0.05) is 30.3 Å². The number of H-pyrrole nitrogens is 1. The quantitative estimate of drug-likeness (QED) is 0.870. The Hall–Kier alpha value is -2.14. The van der Waals surface area contributed by atoms with Gasteiger partial charge in [0.1, 0.15) is 0 Å². The second-order valence-electron chi connectivity index (χ2n) is 7.54. The predicted octanol–water partition coefficient (Wildman–Crippen LogP) is 2.90. The van der Waals surface area contributed by atoms with Crippen LogP contribution in [0.15, 0.2) is 30.3 Å². The van der Waals surface area contributed by atoms with E-state index in [0.717, 1.165) is 50.2 Å². The molecule has 1 aliphatic heterocycles. The van der Waals surface area contributed by atoms with E-state index in [1.54, 1.807) is 0 Å². The van der Waals surface area contributed by atoms with Crippen LogP contribution in [0.25, 0.3) is 0 Å². The van der Waals surface area contributed by atoms with Crippen molar-refractivity contribution in [2.45, 2.75) is 44.4 Å². The van der Waals surface area contributed by atoms with Gasteiger partial charge in [0.15, 0.2) is 5.69 Å². The average Bonchev–Trinajstić information content (AvgIpc) is 3.13. The van der Waals surface area contributed by atoms with Crippen molar-refractivity contribution in [3.63, 3.8) is 0 Å². The largest absolute Gasteiger partial charge is 0.349 e. The van der Waals surface area contributed by atoms with Gasteiger partial charge in [-0.25, -0.2) is 0 Å². The molecule has 2 heterocycles. The van der Waals surface area contributed by atoms with Crippen LogP contribution in [0.4, 0.5) is 0 Å².